The highest BCUT2D eigenvalue weighted by molar-refractivity contribution is 9.10. The molecule has 0 N–H and O–H groups in total. The summed E-state index contributed by atoms with van der Waals surface area (Å²) in [5.41, 5.74) is 1.18. The molecule has 1 aromatic heterocycles. The molecule has 3 nitrogen and oxygen atoms in total. The summed E-state index contributed by atoms with van der Waals surface area (Å²) in [5.74, 6) is 0.104. The second kappa shape index (κ2) is 2.64. The predicted octanol–water partition coefficient (Wildman–Crippen LogP) is 2.09. The molecule has 0 atom stereocenters. The molecule has 0 saturated heterocycles. The Morgan fingerprint density at radius 3 is 2.93 bits per heavy atom. The Hall–Kier alpha value is -0.740. The van der Waals surface area contributed by atoms with Crippen LogP contribution in [-0.4, -0.2) is 16.4 Å². The molecule has 0 bridgehead atoms. The number of fused-ring (bicyclic) bond motifs is 1. The predicted molar refractivity (Wildman–Crippen MR) is 53.0 cm³/mol. The van der Waals surface area contributed by atoms with E-state index in [0.29, 0.717) is 6.61 Å². The van der Waals surface area contributed by atoms with E-state index in [4.69, 9.17) is 4.74 Å². The van der Waals surface area contributed by atoms with Gasteiger partial charge in [0.1, 0.15) is 5.60 Å². The number of carbonyl (C=O) groups is 1. The molecule has 2 heterocycles. The summed E-state index contributed by atoms with van der Waals surface area (Å²) in [7, 11) is 0. The summed E-state index contributed by atoms with van der Waals surface area (Å²) in [5, 5.41) is 0. The van der Waals surface area contributed by atoms with E-state index < -0.39 is 5.60 Å². The first kappa shape index (κ1) is 8.56. The largest absolute Gasteiger partial charge is 0.362 e. The Bertz CT molecular complexity index is 426. The molecule has 1 fully saturated rings. The lowest BCUT2D eigenvalue weighted by atomic mass is 9.99. The zero-order valence-corrected chi connectivity index (χ0v) is 9.00. The Balaban J connectivity index is 2.16. The third kappa shape index (κ3) is 1.01. The molecule has 0 radical (unpaired) electrons. The molecule has 1 aromatic rings. The van der Waals surface area contributed by atoms with E-state index >= 15 is 0 Å². The zero-order valence-electron chi connectivity index (χ0n) is 7.42. The van der Waals surface area contributed by atoms with Crippen molar-refractivity contribution in [1.82, 2.24) is 4.98 Å². The van der Waals surface area contributed by atoms with Crippen molar-refractivity contribution < 1.29 is 9.53 Å². The summed E-state index contributed by atoms with van der Waals surface area (Å²) in [6, 6.07) is 0. The van der Waals surface area contributed by atoms with Crippen molar-refractivity contribution in [2.75, 3.05) is 0 Å². The maximum Gasteiger partial charge on any atom is 0.196 e. The Morgan fingerprint density at radius 1 is 1.43 bits per heavy atom. The van der Waals surface area contributed by atoms with Crippen molar-refractivity contribution in [3.8, 4) is 0 Å². The van der Waals surface area contributed by atoms with Gasteiger partial charge < -0.3 is 4.74 Å². The van der Waals surface area contributed by atoms with Crippen LogP contribution in [0.5, 0.6) is 0 Å². The molecule has 0 unspecified atom stereocenters. The van der Waals surface area contributed by atoms with Crippen molar-refractivity contribution in [2.24, 2.45) is 0 Å². The standard InChI is InChI=1S/C10H8BrNO2/c11-8-4-12-3-6-7(8)5-14-10(1-2-10)9(6)13/h3-4H,1-2,5H2. The van der Waals surface area contributed by atoms with E-state index in [0.717, 1.165) is 28.4 Å². The van der Waals surface area contributed by atoms with E-state index in [-0.39, 0.29) is 5.78 Å². The average Bonchev–Trinajstić information content (AvgIpc) is 2.94. The maximum atomic E-state index is 12.0. The number of rotatable bonds is 0. The van der Waals surface area contributed by atoms with Crippen LogP contribution in [0.3, 0.4) is 0 Å². The van der Waals surface area contributed by atoms with Crippen LogP contribution in [-0.2, 0) is 11.3 Å². The van der Waals surface area contributed by atoms with Crippen molar-refractivity contribution in [3.63, 3.8) is 0 Å². The van der Waals surface area contributed by atoms with Gasteiger partial charge in [-0.2, -0.15) is 0 Å². The Kier molecular flexibility index (Phi) is 1.61. The average molecular weight is 254 g/mol. The minimum Gasteiger partial charge on any atom is -0.362 e. The topological polar surface area (TPSA) is 39.2 Å². The van der Waals surface area contributed by atoms with Crippen LogP contribution in [0.25, 0.3) is 0 Å². The van der Waals surface area contributed by atoms with E-state index in [1.165, 1.54) is 0 Å². The first-order valence-electron chi connectivity index (χ1n) is 4.54. The number of aromatic nitrogens is 1. The van der Waals surface area contributed by atoms with Crippen LogP contribution in [0, 0.1) is 0 Å². The van der Waals surface area contributed by atoms with Crippen molar-refractivity contribution in [3.05, 3.63) is 28.0 Å². The summed E-state index contributed by atoms with van der Waals surface area (Å²) in [4.78, 5) is 16.0. The minimum absolute atomic E-state index is 0.104. The number of hydrogen-bond donors (Lipinski definition) is 0. The summed E-state index contributed by atoms with van der Waals surface area (Å²) < 4.78 is 6.45. The van der Waals surface area contributed by atoms with Crippen LogP contribution >= 0.6 is 15.9 Å². The third-order valence-corrected chi connectivity index (χ3v) is 3.54. The smallest absolute Gasteiger partial charge is 0.196 e. The fourth-order valence-corrected chi connectivity index (χ4v) is 2.26. The number of pyridine rings is 1. The molecule has 0 aromatic carbocycles. The van der Waals surface area contributed by atoms with Gasteiger partial charge in [0.15, 0.2) is 5.78 Å². The van der Waals surface area contributed by atoms with Gasteiger partial charge in [-0.05, 0) is 28.8 Å². The maximum absolute atomic E-state index is 12.0. The van der Waals surface area contributed by atoms with Gasteiger partial charge in [0, 0.05) is 28.0 Å². The molecule has 1 saturated carbocycles. The van der Waals surface area contributed by atoms with E-state index in [9.17, 15) is 4.79 Å². The van der Waals surface area contributed by atoms with Crippen LogP contribution in [0.2, 0.25) is 0 Å². The summed E-state index contributed by atoms with van der Waals surface area (Å²) in [6.45, 7) is 0.518. The van der Waals surface area contributed by atoms with E-state index in [1.807, 2.05) is 0 Å². The third-order valence-electron chi connectivity index (χ3n) is 2.86. The quantitative estimate of drug-likeness (QED) is 0.711. The molecule has 1 spiro atoms. The van der Waals surface area contributed by atoms with Crippen LogP contribution < -0.4 is 0 Å². The lowest BCUT2D eigenvalue weighted by molar-refractivity contribution is 0.0130. The lowest BCUT2D eigenvalue weighted by Crippen LogP contribution is -2.32. The number of ether oxygens (including phenoxy) is 1. The zero-order chi connectivity index (χ0) is 9.76. The lowest BCUT2D eigenvalue weighted by Gasteiger charge is -2.23. The highest BCUT2D eigenvalue weighted by atomic mass is 79.9. The van der Waals surface area contributed by atoms with E-state index in [2.05, 4.69) is 20.9 Å². The van der Waals surface area contributed by atoms with Gasteiger partial charge in [0.2, 0.25) is 0 Å². The number of nitrogens with zero attached hydrogens (tertiary/aromatic N) is 1. The normalized spacial score (nSPS) is 22.2. The molecule has 0 amide bonds. The van der Waals surface area contributed by atoms with E-state index in [1.54, 1.807) is 12.4 Å². The van der Waals surface area contributed by atoms with Crippen molar-refractivity contribution in [2.45, 2.75) is 25.0 Å². The second-order valence-corrected chi connectivity index (χ2v) is 4.61. The molecular weight excluding hydrogens is 246 g/mol. The first-order chi connectivity index (χ1) is 6.73. The first-order valence-corrected chi connectivity index (χ1v) is 5.33. The van der Waals surface area contributed by atoms with Crippen LogP contribution in [0.1, 0.15) is 28.8 Å². The number of halogens is 1. The number of carbonyl (C=O) groups excluding carboxylic acids is 1. The Morgan fingerprint density at radius 2 is 2.21 bits per heavy atom. The van der Waals surface area contributed by atoms with Gasteiger partial charge in [-0.15, -0.1) is 0 Å². The highest BCUT2D eigenvalue weighted by Gasteiger charge is 2.54. The van der Waals surface area contributed by atoms with Crippen molar-refractivity contribution in [1.29, 1.82) is 0 Å². The van der Waals surface area contributed by atoms with Gasteiger partial charge in [-0.1, -0.05) is 0 Å². The molecule has 2 aliphatic rings. The monoisotopic (exact) mass is 253 g/mol. The molecule has 3 rings (SSSR count). The highest BCUT2D eigenvalue weighted by Crippen LogP contribution is 2.46. The fraction of sp³-hybridized carbons (Fsp3) is 0.400. The van der Waals surface area contributed by atoms with Gasteiger partial charge in [0.25, 0.3) is 0 Å². The molecule has 4 heteroatoms. The Labute approximate surface area is 89.6 Å². The number of hydrogen-bond acceptors (Lipinski definition) is 3. The number of Topliss-reactive ketones (excluding diaryl/α,β-unsaturated/α-hetero) is 1. The van der Waals surface area contributed by atoms with Gasteiger partial charge in [0.05, 0.1) is 6.61 Å². The van der Waals surface area contributed by atoms with Crippen LogP contribution in [0.15, 0.2) is 16.9 Å². The molecule has 72 valence electrons. The molecular formula is C10H8BrNO2. The fourth-order valence-electron chi connectivity index (χ4n) is 1.81. The molecule has 1 aliphatic heterocycles. The van der Waals surface area contributed by atoms with Gasteiger partial charge in [-0.25, -0.2) is 0 Å². The van der Waals surface area contributed by atoms with Crippen LogP contribution in [0.4, 0.5) is 0 Å². The summed E-state index contributed by atoms with van der Waals surface area (Å²) >= 11 is 3.37. The minimum atomic E-state index is -0.477. The SMILES string of the molecule is O=C1c2cncc(Br)c2COC12CC2. The van der Waals surface area contributed by atoms with Crippen molar-refractivity contribution >= 4 is 21.7 Å². The molecule has 1 aliphatic carbocycles. The molecule has 14 heavy (non-hydrogen) atoms. The van der Waals surface area contributed by atoms with Gasteiger partial charge in [-0.3, -0.25) is 9.78 Å². The summed E-state index contributed by atoms with van der Waals surface area (Å²) in [6.07, 6.45) is 5.06. The van der Waals surface area contributed by atoms with Gasteiger partial charge >= 0.3 is 0 Å². The second-order valence-electron chi connectivity index (χ2n) is 3.76. The number of ketones is 1.